The van der Waals surface area contributed by atoms with Gasteiger partial charge >= 0.3 is 0 Å². The number of nitrogens with zero attached hydrogens (tertiary/aromatic N) is 3. The van der Waals surface area contributed by atoms with Crippen LogP contribution in [0, 0.1) is 0 Å². The molecule has 3 heterocycles. The van der Waals surface area contributed by atoms with Gasteiger partial charge in [0.15, 0.2) is 0 Å². The number of nitrogens with one attached hydrogen (secondary N) is 2. The summed E-state index contributed by atoms with van der Waals surface area (Å²) in [5, 5.41) is 5.25. The number of aromatic nitrogens is 2. The van der Waals surface area contributed by atoms with Crippen LogP contribution in [0.2, 0.25) is 0 Å². The van der Waals surface area contributed by atoms with Gasteiger partial charge in [0, 0.05) is 25.8 Å². The second kappa shape index (κ2) is 6.45. The third kappa shape index (κ3) is 3.28. The summed E-state index contributed by atoms with van der Waals surface area (Å²) in [6.45, 7) is 1.97. The van der Waals surface area contributed by atoms with Gasteiger partial charge < -0.3 is 10.2 Å². The van der Waals surface area contributed by atoms with Crippen LogP contribution in [0.4, 0.5) is 10.7 Å². The molecule has 0 aromatic carbocycles. The zero-order valence-corrected chi connectivity index (χ0v) is 13.0. The fourth-order valence-electron chi connectivity index (χ4n) is 2.49. The van der Waals surface area contributed by atoms with Crippen LogP contribution in [0.5, 0.6) is 0 Å². The van der Waals surface area contributed by atoms with Crippen LogP contribution in [0.3, 0.4) is 0 Å². The molecule has 0 bridgehead atoms. The van der Waals surface area contributed by atoms with Crippen molar-refractivity contribution in [3.8, 4) is 0 Å². The molecular formula is C14H17N5O2S. The summed E-state index contributed by atoms with van der Waals surface area (Å²) in [4.78, 5) is 33.9. The van der Waals surface area contributed by atoms with Gasteiger partial charge in [-0.15, -0.1) is 0 Å². The second-order valence-corrected chi connectivity index (χ2v) is 6.26. The van der Waals surface area contributed by atoms with Gasteiger partial charge in [0.25, 0.3) is 11.1 Å². The normalized spacial score (nSPS) is 23.7. The number of anilines is 1. The van der Waals surface area contributed by atoms with Gasteiger partial charge in [-0.1, -0.05) is 0 Å². The SMILES string of the molecule is CN(c1nccc(/C=C2\SC(=O)NC2=O)n1)C1CCCNC1. The zero-order valence-electron chi connectivity index (χ0n) is 12.2. The van der Waals surface area contributed by atoms with Crippen LogP contribution in [0.25, 0.3) is 6.08 Å². The second-order valence-electron chi connectivity index (χ2n) is 5.24. The Balaban J connectivity index is 1.79. The maximum absolute atomic E-state index is 11.6. The minimum absolute atomic E-state index is 0.351. The highest BCUT2D eigenvalue weighted by atomic mass is 32.2. The van der Waals surface area contributed by atoms with Gasteiger partial charge in [-0.05, 0) is 43.3 Å². The summed E-state index contributed by atoms with van der Waals surface area (Å²) in [6.07, 6.45) is 5.52. The van der Waals surface area contributed by atoms with Crippen molar-refractivity contribution in [2.45, 2.75) is 18.9 Å². The maximum atomic E-state index is 11.6. The highest BCUT2D eigenvalue weighted by molar-refractivity contribution is 8.18. The van der Waals surface area contributed by atoms with Crippen molar-refractivity contribution in [2.75, 3.05) is 25.0 Å². The molecule has 2 fully saturated rings. The third-order valence-electron chi connectivity index (χ3n) is 3.72. The first-order chi connectivity index (χ1) is 10.6. The molecule has 2 saturated heterocycles. The molecule has 1 aromatic heterocycles. The first-order valence-electron chi connectivity index (χ1n) is 7.15. The number of carbonyl (C=O) groups is 2. The molecule has 2 aliphatic heterocycles. The molecule has 2 aliphatic rings. The van der Waals surface area contributed by atoms with Gasteiger partial charge in [-0.2, -0.15) is 0 Å². The molecule has 1 atom stereocenters. The van der Waals surface area contributed by atoms with E-state index in [2.05, 4.69) is 25.5 Å². The minimum atomic E-state index is -0.375. The van der Waals surface area contributed by atoms with E-state index in [0.29, 0.717) is 22.6 Å². The lowest BCUT2D eigenvalue weighted by atomic mass is 10.1. The van der Waals surface area contributed by atoms with Gasteiger partial charge in [0.05, 0.1) is 10.6 Å². The third-order valence-corrected chi connectivity index (χ3v) is 4.53. The van der Waals surface area contributed by atoms with Crippen molar-refractivity contribution >= 4 is 34.9 Å². The molecule has 3 rings (SSSR count). The van der Waals surface area contributed by atoms with Crippen LogP contribution in [0.1, 0.15) is 18.5 Å². The largest absolute Gasteiger partial charge is 0.340 e. The Bertz CT molecular complexity index is 627. The van der Waals surface area contributed by atoms with Crippen LogP contribution in [-0.2, 0) is 4.79 Å². The fraction of sp³-hybridized carbons (Fsp3) is 0.429. The van der Waals surface area contributed by atoms with E-state index in [-0.39, 0.29) is 11.1 Å². The van der Waals surface area contributed by atoms with Crippen LogP contribution < -0.4 is 15.5 Å². The number of rotatable bonds is 3. The number of thioether (sulfide) groups is 1. The van der Waals surface area contributed by atoms with Crippen LogP contribution >= 0.6 is 11.8 Å². The zero-order chi connectivity index (χ0) is 15.5. The lowest BCUT2D eigenvalue weighted by Gasteiger charge is -2.31. The van der Waals surface area contributed by atoms with E-state index in [4.69, 9.17) is 0 Å². The molecule has 22 heavy (non-hydrogen) atoms. The van der Waals surface area contributed by atoms with E-state index in [9.17, 15) is 9.59 Å². The molecule has 116 valence electrons. The van der Waals surface area contributed by atoms with E-state index in [1.807, 2.05) is 7.05 Å². The van der Waals surface area contributed by atoms with Crippen molar-refractivity contribution < 1.29 is 9.59 Å². The standard InChI is InChI=1S/C14H17N5O2S/c1-19(10-3-2-5-15-8-10)13-16-6-4-9(17-13)7-11-12(20)18-14(21)22-11/h4,6-7,10,15H,2-3,5,8H2,1H3,(H,18,20,21)/b11-7-. The number of piperidine rings is 1. The molecule has 1 aromatic rings. The van der Waals surface area contributed by atoms with E-state index in [0.717, 1.165) is 37.7 Å². The van der Waals surface area contributed by atoms with Gasteiger partial charge in [0.2, 0.25) is 5.95 Å². The maximum Gasteiger partial charge on any atom is 0.290 e. The minimum Gasteiger partial charge on any atom is -0.340 e. The monoisotopic (exact) mass is 319 g/mol. The number of likely N-dealkylation sites (N-methyl/N-ethyl adjacent to an activating group) is 1. The molecule has 0 aliphatic carbocycles. The van der Waals surface area contributed by atoms with E-state index < -0.39 is 0 Å². The number of hydrogen-bond donors (Lipinski definition) is 2. The summed E-state index contributed by atoms with van der Waals surface area (Å²) in [5.74, 6) is 0.248. The first-order valence-corrected chi connectivity index (χ1v) is 7.96. The molecular weight excluding hydrogens is 302 g/mol. The topological polar surface area (TPSA) is 87.2 Å². The molecule has 8 heteroatoms. The molecule has 0 radical (unpaired) electrons. The highest BCUT2D eigenvalue weighted by Gasteiger charge is 2.25. The van der Waals surface area contributed by atoms with Gasteiger partial charge in [-0.25, -0.2) is 9.97 Å². The smallest absolute Gasteiger partial charge is 0.290 e. The summed E-state index contributed by atoms with van der Waals surface area (Å²) >= 11 is 0.888. The lowest BCUT2D eigenvalue weighted by Crippen LogP contribution is -2.44. The Hall–Kier alpha value is -1.93. The quantitative estimate of drug-likeness (QED) is 0.803. The number of imide groups is 1. The Morgan fingerprint density at radius 2 is 2.32 bits per heavy atom. The lowest BCUT2D eigenvalue weighted by molar-refractivity contribution is -0.115. The Morgan fingerprint density at radius 3 is 3.00 bits per heavy atom. The molecule has 1 unspecified atom stereocenters. The molecule has 0 spiro atoms. The first kappa shape index (κ1) is 15.0. The van der Waals surface area contributed by atoms with Crippen molar-refractivity contribution in [1.29, 1.82) is 0 Å². The molecule has 7 nitrogen and oxygen atoms in total. The Labute approximate surface area is 132 Å². The van der Waals surface area contributed by atoms with Crippen LogP contribution in [0.15, 0.2) is 17.2 Å². The van der Waals surface area contributed by atoms with Crippen molar-refractivity contribution in [3.63, 3.8) is 0 Å². The van der Waals surface area contributed by atoms with Crippen molar-refractivity contribution in [2.24, 2.45) is 0 Å². The summed E-state index contributed by atoms with van der Waals surface area (Å²) < 4.78 is 0. The predicted molar refractivity (Wildman–Crippen MR) is 85.4 cm³/mol. The van der Waals surface area contributed by atoms with E-state index in [1.54, 1.807) is 18.3 Å². The predicted octanol–water partition coefficient (Wildman–Crippen LogP) is 0.989. The number of amides is 2. The average molecular weight is 319 g/mol. The highest BCUT2D eigenvalue weighted by Crippen LogP contribution is 2.25. The fourth-order valence-corrected chi connectivity index (χ4v) is 3.16. The number of hydrogen-bond acceptors (Lipinski definition) is 7. The molecule has 0 saturated carbocycles. The van der Waals surface area contributed by atoms with Crippen molar-refractivity contribution in [1.82, 2.24) is 20.6 Å². The van der Waals surface area contributed by atoms with Crippen molar-refractivity contribution in [3.05, 3.63) is 22.9 Å². The van der Waals surface area contributed by atoms with E-state index >= 15 is 0 Å². The Morgan fingerprint density at radius 1 is 1.45 bits per heavy atom. The van der Waals surface area contributed by atoms with Gasteiger partial charge in [-0.3, -0.25) is 14.9 Å². The van der Waals surface area contributed by atoms with Crippen LogP contribution in [-0.4, -0.2) is 47.3 Å². The summed E-state index contributed by atoms with van der Waals surface area (Å²) in [5.41, 5.74) is 0.618. The Kier molecular flexibility index (Phi) is 4.39. The van der Waals surface area contributed by atoms with E-state index in [1.165, 1.54) is 0 Å². The van der Waals surface area contributed by atoms with Gasteiger partial charge in [0.1, 0.15) is 0 Å². The molecule has 2 amide bonds. The number of carbonyl (C=O) groups excluding carboxylic acids is 2. The summed E-state index contributed by atoms with van der Waals surface area (Å²) in [7, 11) is 1.98. The molecule has 2 N–H and O–H groups in total. The summed E-state index contributed by atoms with van der Waals surface area (Å²) in [6, 6.07) is 2.09. The average Bonchev–Trinajstić information content (AvgIpc) is 2.85.